The van der Waals surface area contributed by atoms with Crippen molar-refractivity contribution < 1.29 is 9.53 Å². The molecule has 1 heterocycles. The molecule has 0 aromatic heterocycles. The van der Waals surface area contributed by atoms with Crippen LogP contribution in [-0.4, -0.2) is 56.4 Å². The molecule has 0 aromatic rings. The number of carbonyl (C=O) groups excluding carboxylic acids is 1. The zero-order valence-electron chi connectivity index (χ0n) is 13.5. The van der Waals surface area contributed by atoms with Crippen LogP contribution in [0.1, 0.15) is 40.0 Å². The van der Waals surface area contributed by atoms with Crippen LogP contribution in [0, 0.1) is 5.92 Å². The minimum atomic E-state index is -0.426. The molecule has 1 saturated heterocycles. The third-order valence-corrected chi connectivity index (χ3v) is 3.44. The molecule has 20 heavy (non-hydrogen) atoms. The molecule has 0 bridgehead atoms. The van der Waals surface area contributed by atoms with Gasteiger partial charge in [-0.1, -0.05) is 6.42 Å². The molecule has 5 nitrogen and oxygen atoms in total. The van der Waals surface area contributed by atoms with Crippen LogP contribution < -0.4 is 10.6 Å². The Morgan fingerprint density at radius 2 is 2.10 bits per heavy atom. The van der Waals surface area contributed by atoms with Gasteiger partial charge < -0.3 is 20.3 Å². The monoisotopic (exact) mass is 285 g/mol. The number of hydrogen-bond donors (Lipinski definition) is 2. The van der Waals surface area contributed by atoms with Crippen LogP contribution in [0.5, 0.6) is 0 Å². The topological polar surface area (TPSA) is 53.6 Å². The summed E-state index contributed by atoms with van der Waals surface area (Å²) >= 11 is 0. The molecule has 1 amide bonds. The van der Waals surface area contributed by atoms with Crippen molar-refractivity contribution in [3.05, 3.63) is 0 Å². The van der Waals surface area contributed by atoms with Gasteiger partial charge in [0.2, 0.25) is 0 Å². The average molecular weight is 285 g/mol. The molecular weight excluding hydrogens is 254 g/mol. The molecule has 1 unspecified atom stereocenters. The van der Waals surface area contributed by atoms with Crippen molar-refractivity contribution >= 4 is 6.09 Å². The Labute approximate surface area is 123 Å². The molecule has 0 saturated carbocycles. The Bertz CT molecular complexity index is 289. The maximum absolute atomic E-state index is 11.6. The van der Waals surface area contributed by atoms with Gasteiger partial charge in [-0.25, -0.2) is 4.79 Å². The van der Waals surface area contributed by atoms with E-state index >= 15 is 0 Å². The molecule has 118 valence electrons. The van der Waals surface area contributed by atoms with Gasteiger partial charge >= 0.3 is 6.09 Å². The fraction of sp³-hybridized carbons (Fsp3) is 0.933. The zero-order valence-corrected chi connectivity index (χ0v) is 13.5. The number of amides is 1. The molecular formula is C15H31N3O2. The van der Waals surface area contributed by atoms with Gasteiger partial charge in [0.25, 0.3) is 0 Å². The van der Waals surface area contributed by atoms with Crippen LogP contribution in [0.15, 0.2) is 0 Å². The highest BCUT2D eigenvalue weighted by molar-refractivity contribution is 5.67. The lowest BCUT2D eigenvalue weighted by Gasteiger charge is -2.25. The maximum Gasteiger partial charge on any atom is 0.407 e. The second-order valence-electron chi connectivity index (χ2n) is 6.65. The Morgan fingerprint density at radius 3 is 2.75 bits per heavy atom. The van der Waals surface area contributed by atoms with Crippen molar-refractivity contribution in [2.24, 2.45) is 5.92 Å². The highest BCUT2D eigenvalue weighted by atomic mass is 16.6. The zero-order chi connectivity index (χ0) is 15.0. The smallest absolute Gasteiger partial charge is 0.407 e. The standard InChI is InChI=1S/C15H31N3O2/c1-15(2,3)20-14(19)17-8-10-18-9-6-5-7-13(12-18)11-16-4/h13,16H,5-12H2,1-4H3,(H,17,19). The third-order valence-electron chi connectivity index (χ3n) is 3.44. The first-order chi connectivity index (χ1) is 9.40. The summed E-state index contributed by atoms with van der Waals surface area (Å²) in [5, 5.41) is 6.10. The fourth-order valence-electron chi connectivity index (χ4n) is 2.60. The third kappa shape index (κ3) is 7.70. The van der Waals surface area contributed by atoms with E-state index in [9.17, 15) is 4.79 Å². The Kier molecular flexibility index (Phi) is 7.30. The summed E-state index contributed by atoms with van der Waals surface area (Å²) in [7, 11) is 2.01. The number of ether oxygens (including phenoxy) is 1. The molecule has 5 heteroatoms. The van der Waals surface area contributed by atoms with E-state index < -0.39 is 5.60 Å². The van der Waals surface area contributed by atoms with Crippen molar-refractivity contribution in [2.75, 3.05) is 39.8 Å². The Hall–Kier alpha value is -0.810. The van der Waals surface area contributed by atoms with Crippen molar-refractivity contribution in [1.82, 2.24) is 15.5 Å². The van der Waals surface area contributed by atoms with Crippen LogP contribution in [0.25, 0.3) is 0 Å². The highest BCUT2D eigenvalue weighted by Crippen LogP contribution is 2.15. The number of nitrogens with zero attached hydrogens (tertiary/aromatic N) is 1. The summed E-state index contributed by atoms with van der Waals surface area (Å²) in [5.41, 5.74) is -0.426. The molecule has 0 radical (unpaired) electrons. The lowest BCUT2D eigenvalue weighted by Crippen LogP contribution is -2.40. The van der Waals surface area contributed by atoms with Gasteiger partial charge in [-0.15, -0.1) is 0 Å². The fourth-order valence-corrected chi connectivity index (χ4v) is 2.60. The lowest BCUT2D eigenvalue weighted by atomic mass is 10.0. The first kappa shape index (κ1) is 17.2. The lowest BCUT2D eigenvalue weighted by molar-refractivity contribution is 0.0521. The Morgan fingerprint density at radius 1 is 1.35 bits per heavy atom. The molecule has 2 N–H and O–H groups in total. The molecule has 0 aliphatic carbocycles. The first-order valence-electron chi connectivity index (χ1n) is 7.74. The largest absolute Gasteiger partial charge is 0.444 e. The van der Waals surface area contributed by atoms with Crippen LogP contribution >= 0.6 is 0 Å². The Balaban J connectivity index is 2.24. The van der Waals surface area contributed by atoms with Crippen LogP contribution in [0.3, 0.4) is 0 Å². The predicted molar refractivity (Wildman–Crippen MR) is 81.9 cm³/mol. The predicted octanol–water partition coefficient (Wildman–Crippen LogP) is 1.83. The van der Waals surface area contributed by atoms with Gasteiger partial charge in [-0.05, 0) is 59.7 Å². The summed E-state index contributed by atoms with van der Waals surface area (Å²) in [4.78, 5) is 14.0. The molecule has 1 aliphatic heterocycles. The van der Waals surface area contributed by atoms with Gasteiger partial charge in [0.1, 0.15) is 5.60 Å². The van der Waals surface area contributed by atoms with Crippen molar-refractivity contribution in [3.63, 3.8) is 0 Å². The van der Waals surface area contributed by atoms with E-state index in [-0.39, 0.29) is 6.09 Å². The SMILES string of the molecule is CNCC1CCCCN(CCNC(=O)OC(C)(C)C)C1. The number of rotatable bonds is 5. The van der Waals surface area contributed by atoms with Gasteiger partial charge in [0.05, 0.1) is 0 Å². The van der Waals surface area contributed by atoms with E-state index in [4.69, 9.17) is 4.74 Å². The van der Waals surface area contributed by atoms with Gasteiger partial charge in [0, 0.05) is 19.6 Å². The molecule has 0 aromatic carbocycles. The minimum Gasteiger partial charge on any atom is -0.444 e. The number of alkyl carbamates (subject to hydrolysis) is 1. The molecule has 0 spiro atoms. The molecule has 1 fully saturated rings. The summed E-state index contributed by atoms with van der Waals surface area (Å²) in [6.07, 6.45) is 3.55. The van der Waals surface area contributed by atoms with E-state index in [1.54, 1.807) is 0 Å². The number of hydrogen-bond acceptors (Lipinski definition) is 4. The van der Waals surface area contributed by atoms with Crippen molar-refractivity contribution in [3.8, 4) is 0 Å². The quantitative estimate of drug-likeness (QED) is 0.809. The summed E-state index contributed by atoms with van der Waals surface area (Å²) < 4.78 is 5.23. The second kappa shape index (κ2) is 8.47. The van der Waals surface area contributed by atoms with Crippen LogP contribution in [0.2, 0.25) is 0 Å². The van der Waals surface area contributed by atoms with E-state index in [2.05, 4.69) is 15.5 Å². The van der Waals surface area contributed by atoms with E-state index in [0.717, 1.165) is 32.1 Å². The van der Waals surface area contributed by atoms with Crippen LogP contribution in [-0.2, 0) is 4.74 Å². The van der Waals surface area contributed by atoms with Crippen molar-refractivity contribution in [1.29, 1.82) is 0 Å². The summed E-state index contributed by atoms with van der Waals surface area (Å²) in [6, 6.07) is 0. The van der Waals surface area contributed by atoms with Gasteiger partial charge in [-0.2, -0.15) is 0 Å². The average Bonchev–Trinajstić information content (AvgIpc) is 2.53. The molecule has 1 atom stereocenters. The number of likely N-dealkylation sites (tertiary alicyclic amines) is 1. The minimum absolute atomic E-state index is 0.320. The molecule has 1 aliphatic rings. The summed E-state index contributed by atoms with van der Waals surface area (Å²) in [5.74, 6) is 0.726. The number of carbonyl (C=O) groups is 1. The van der Waals surface area contributed by atoms with E-state index in [0.29, 0.717) is 6.54 Å². The summed E-state index contributed by atoms with van der Waals surface area (Å²) in [6.45, 7) is 10.5. The van der Waals surface area contributed by atoms with E-state index in [1.807, 2.05) is 27.8 Å². The first-order valence-corrected chi connectivity index (χ1v) is 7.74. The van der Waals surface area contributed by atoms with Crippen LogP contribution in [0.4, 0.5) is 4.79 Å². The molecule has 1 rings (SSSR count). The van der Waals surface area contributed by atoms with Crippen molar-refractivity contribution in [2.45, 2.75) is 45.6 Å². The maximum atomic E-state index is 11.6. The van der Waals surface area contributed by atoms with E-state index in [1.165, 1.54) is 19.3 Å². The normalized spacial score (nSPS) is 21.3. The number of nitrogens with one attached hydrogen (secondary N) is 2. The highest BCUT2D eigenvalue weighted by Gasteiger charge is 2.18. The second-order valence-corrected chi connectivity index (χ2v) is 6.65. The van der Waals surface area contributed by atoms with Gasteiger partial charge in [0.15, 0.2) is 0 Å². The van der Waals surface area contributed by atoms with Gasteiger partial charge in [-0.3, -0.25) is 0 Å².